The third kappa shape index (κ3) is 2.68. The first-order valence-electron chi connectivity index (χ1n) is 10.1. The Hall–Kier alpha value is -2.84. The quantitative estimate of drug-likeness (QED) is 0.621. The molecular weight excluding hydrogens is 340 g/mol. The van der Waals surface area contributed by atoms with E-state index in [9.17, 15) is 0 Å². The molecule has 28 heavy (non-hydrogen) atoms. The van der Waals surface area contributed by atoms with Gasteiger partial charge in [0.2, 0.25) is 0 Å². The lowest BCUT2D eigenvalue weighted by Crippen LogP contribution is -2.39. The van der Waals surface area contributed by atoms with E-state index in [0.717, 1.165) is 19.6 Å². The van der Waals surface area contributed by atoms with E-state index in [1.165, 1.54) is 22.4 Å². The number of para-hydroxylation sites is 1. The SMILES string of the molecule is C=C[C@H]1CN(Cc2ccccc2)C[C@]12c1ccccc1N[C@H]2c1ccccc1. The predicted octanol–water partition coefficient (Wildman–Crippen LogP) is 5.41. The van der Waals surface area contributed by atoms with Gasteiger partial charge in [-0.3, -0.25) is 4.90 Å². The summed E-state index contributed by atoms with van der Waals surface area (Å²) < 4.78 is 0. The molecule has 2 heteroatoms. The number of nitrogens with zero attached hydrogens (tertiary/aromatic N) is 1. The number of anilines is 1. The van der Waals surface area contributed by atoms with Crippen LogP contribution in [0.5, 0.6) is 0 Å². The lowest BCUT2D eigenvalue weighted by molar-refractivity contribution is 0.292. The van der Waals surface area contributed by atoms with Gasteiger partial charge in [0, 0.05) is 36.7 Å². The van der Waals surface area contributed by atoms with Crippen LogP contribution in [-0.2, 0) is 12.0 Å². The van der Waals surface area contributed by atoms with Gasteiger partial charge < -0.3 is 5.32 Å². The molecule has 3 atom stereocenters. The van der Waals surface area contributed by atoms with Crippen molar-refractivity contribution in [2.45, 2.75) is 18.0 Å². The summed E-state index contributed by atoms with van der Waals surface area (Å²) in [5, 5.41) is 3.86. The maximum absolute atomic E-state index is 4.25. The van der Waals surface area contributed by atoms with Gasteiger partial charge in [-0.05, 0) is 22.8 Å². The van der Waals surface area contributed by atoms with E-state index in [1.54, 1.807) is 0 Å². The summed E-state index contributed by atoms with van der Waals surface area (Å²) >= 11 is 0. The summed E-state index contributed by atoms with van der Waals surface area (Å²) in [6.45, 7) is 7.30. The largest absolute Gasteiger partial charge is 0.377 e. The number of likely N-dealkylation sites (tertiary alicyclic amines) is 1. The van der Waals surface area contributed by atoms with Crippen molar-refractivity contribution in [3.8, 4) is 0 Å². The van der Waals surface area contributed by atoms with Gasteiger partial charge in [0.25, 0.3) is 0 Å². The second kappa shape index (κ2) is 6.96. The Bertz CT molecular complexity index is 966. The molecule has 5 rings (SSSR count). The second-order valence-electron chi connectivity index (χ2n) is 8.07. The first-order valence-corrected chi connectivity index (χ1v) is 10.1. The molecular formula is C26H26N2. The number of nitrogens with one attached hydrogen (secondary N) is 1. The number of hydrogen-bond acceptors (Lipinski definition) is 2. The van der Waals surface area contributed by atoms with Gasteiger partial charge in [-0.2, -0.15) is 0 Å². The summed E-state index contributed by atoms with van der Waals surface area (Å²) in [6, 6.07) is 30.8. The van der Waals surface area contributed by atoms with Gasteiger partial charge in [-0.1, -0.05) is 84.9 Å². The number of benzene rings is 3. The molecule has 3 aromatic rings. The van der Waals surface area contributed by atoms with Gasteiger partial charge in [0.15, 0.2) is 0 Å². The molecule has 1 saturated heterocycles. The van der Waals surface area contributed by atoms with Crippen LogP contribution in [0.4, 0.5) is 5.69 Å². The number of fused-ring (bicyclic) bond motifs is 2. The average Bonchev–Trinajstić information content (AvgIpc) is 3.28. The fourth-order valence-corrected chi connectivity index (χ4v) is 5.31. The summed E-state index contributed by atoms with van der Waals surface area (Å²) in [4.78, 5) is 2.60. The summed E-state index contributed by atoms with van der Waals surface area (Å²) in [6.07, 6.45) is 2.19. The summed E-state index contributed by atoms with van der Waals surface area (Å²) in [7, 11) is 0. The lowest BCUT2D eigenvalue weighted by Gasteiger charge is -2.36. The van der Waals surface area contributed by atoms with Crippen molar-refractivity contribution >= 4 is 5.69 Å². The van der Waals surface area contributed by atoms with E-state index in [-0.39, 0.29) is 11.5 Å². The zero-order chi connectivity index (χ0) is 19.0. The Morgan fingerprint density at radius 1 is 0.929 bits per heavy atom. The van der Waals surface area contributed by atoms with Gasteiger partial charge in [-0.15, -0.1) is 6.58 Å². The Morgan fingerprint density at radius 2 is 1.61 bits per heavy atom. The van der Waals surface area contributed by atoms with Gasteiger partial charge in [0.05, 0.1) is 6.04 Å². The smallest absolute Gasteiger partial charge is 0.0629 e. The zero-order valence-electron chi connectivity index (χ0n) is 16.1. The summed E-state index contributed by atoms with van der Waals surface area (Å²) in [5.74, 6) is 0.401. The summed E-state index contributed by atoms with van der Waals surface area (Å²) in [5.41, 5.74) is 5.44. The highest BCUT2D eigenvalue weighted by Crippen LogP contribution is 2.56. The Kier molecular flexibility index (Phi) is 4.29. The van der Waals surface area contributed by atoms with Crippen molar-refractivity contribution in [2.24, 2.45) is 5.92 Å². The maximum atomic E-state index is 4.25. The molecule has 1 spiro atoms. The van der Waals surface area contributed by atoms with Crippen LogP contribution in [0, 0.1) is 5.92 Å². The fourth-order valence-electron chi connectivity index (χ4n) is 5.31. The van der Waals surface area contributed by atoms with E-state index in [2.05, 4.69) is 108 Å². The highest BCUT2D eigenvalue weighted by molar-refractivity contribution is 5.65. The molecule has 0 saturated carbocycles. The molecule has 1 N–H and O–H groups in total. The highest BCUT2D eigenvalue weighted by Gasteiger charge is 2.56. The van der Waals surface area contributed by atoms with Crippen LogP contribution < -0.4 is 5.32 Å². The third-order valence-corrected chi connectivity index (χ3v) is 6.51. The standard InChI is InChI=1S/C26H26N2/c1-2-22-18-28(17-20-11-5-3-6-12-20)19-26(22)23-15-9-10-16-24(23)27-25(26)21-13-7-4-8-14-21/h2-16,22,25,27H,1,17-19H2/t22-,25-,26+/m0/s1. The molecule has 2 aliphatic heterocycles. The van der Waals surface area contributed by atoms with Crippen LogP contribution >= 0.6 is 0 Å². The van der Waals surface area contributed by atoms with Crippen molar-refractivity contribution in [3.05, 3.63) is 114 Å². The minimum Gasteiger partial charge on any atom is -0.377 e. The molecule has 0 unspecified atom stereocenters. The minimum atomic E-state index is 0.00841. The van der Waals surface area contributed by atoms with Crippen molar-refractivity contribution in [1.82, 2.24) is 4.90 Å². The molecule has 0 bridgehead atoms. The maximum Gasteiger partial charge on any atom is 0.0629 e. The van der Waals surface area contributed by atoms with Crippen molar-refractivity contribution in [1.29, 1.82) is 0 Å². The molecule has 0 aromatic heterocycles. The average molecular weight is 367 g/mol. The topological polar surface area (TPSA) is 15.3 Å². The predicted molar refractivity (Wildman–Crippen MR) is 116 cm³/mol. The normalized spacial score (nSPS) is 26.1. The van der Waals surface area contributed by atoms with Crippen LogP contribution in [0.1, 0.15) is 22.7 Å². The third-order valence-electron chi connectivity index (χ3n) is 6.51. The molecule has 0 amide bonds. The Labute approximate surface area is 167 Å². The lowest BCUT2D eigenvalue weighted by atomic mass is 9.67. The monoisotopic (exact) mass is 366 g/mol. The van der Waals surface area contributed by atoms with Gasteiger partial charge in [-0.25, -0.2) is 0 Å². The van der Waals surface area contributed by atoms with Crippen LogP contribution in [0.3, 0.4) is 0 Å². The molecule has 2 nitrogen and oxygen atoms in total. The molecule has 2 heterocycles. The van der Waals surface area contributed by atoms with Crippen molar-refractivity contribution in [2.75, 3.05) is 18.4 Å². The number of rotatable bonds is 4. The molecule has 2 aliphatic rings. The first-order chi connectivity index (χ1) is 13.8. The molecule has 1 fully saturated rings. The Morgan fingerprint density at radius 3 is 2.36 bits per heavy atom. The van der Waals surface area contributed by atoms with Crippen LogP contribution in [0.15, 0.2) is 97.6 Å². The van der Waals surface area contributed by atoms with Gasteiger partial charge >= 0.3 is 0 Å². The minimum absolute atomic E-state index is 0.00841. The number of hydrogen-bond donors (Lipinski definition) is 1. The molecule has 0 radical (unpaired) electrons. The van der Waals surface area contributed by atoms with Crippen molar-refractivity contribution < 1.29 is 0 Å². The van der Waals surface area contributed by atoms with E-state index < -0.39 is 0 Å². The molecule has 3 aromatic carbocycles. The van der Waals surface area contributed by atoms with E-state index in [4.69, 9.17) is 0 Å². The fraction of sp³-hybridized carbons (Fsp3) is 0.231. The Balaban J connectivity index is 1.58. The molecule has 0 aliphatic carbocycles. The molecule has 140 valence electrons. The first kappa shape index (κ1) is 17.3. The van der Waals surface area contributed by atoms with Crippen LogP contribution in [0.2, 0.25) is 0 Å². The van der Waals surface area contributed by atoms with E-state index in [0.29, 0.717) is 5.92 Å². The van der Waals surface area contributed by atoms with Crippen LogP contribution in [0.25, 0.3) is 0 Å². The van der Waals surface area contributed by atoms with Crippen molar-refractivity contribution in [3.63, 3.8) is 0 Å². The second-order valence-corrected chi connectivity index (χ2v) is 8.07. The highest BCUT2D eigenvalue weighted by atomic mass is 15.2. The van der Waals surface area contributed by atoms with E-state index >= 15 is 0 Å². The van der Waals surface area contributed by atoms with Crippen LogP contribution in [-0.4, -0.2) is 18.0 Å². The zero-order valence-corrected chi connectivity index (χ0v) is 16.1. The van der Waals surface area contributed by atoms with E-state index in [1.807, 2.05) is 0 Å². The van der Waals surface area contributed by atoms with Gasteiger partial charge in [0.1, 0.15) is 0 Å².